The summed E-state index contributed by atoms with van der Waals surface area (Å²) in [5.41, 5.74) is 47.2. The highest BCUT2D eigenvalue weighted by atomic mass is 16.3. The lowest BCUT2D eigenvalue weighted by atomic mass is 9.68. The molecule has 19 aromatic rings. The van der Waals surface area contributed by atoms with Crippen LogP contribution < -0.4 is 4.90 Å². The fourth-order valence-electron chi connectivity index (χ4n) is 25.0. The van der Waals surface area contributed by atoms with E-state index in [4.69, 9.17) is 13.3 Å². The SMILES string of the molecule is CC1(C)c2cc(N(c3ccc4c(c3)C(C)(C)c3c5c(c6c(oc7ccccc76)c3-4)-c3ccccc3C5(C)C)c3ccc4c(c3)C3(c5ccccc5-c5ccccc53)c3cc5c(cc3-4)C3(c4ccccc4-c4ccccc43)c3ccc4oc6ccccc6c4c3-5)ccc2-c2c1c1c(c3c2oc2ccccc23)-c2ccccc2C1(C)C. The van der Waals surface area contributed by atoms with Crippen molar-refractivity contribution >= 4 is 82.9 Å². The molecule has 0 N–H and O–H groups in total. The first-order valence-corrected chi connectivity index (χ1v) is 40.6. The summed E-state index contributed by atoms with van der Waals surface area (Å²) in [5, 5.41) is 7.03. The van der Waals surface area contributed by atoms with Gasteiger partial charge in [0, 0.05) is 82.2 Å². The lowest BCUT2D eigenvalue weighted by molar-refractivity contribution is 0.600. The third kappa shape index (κ3) is 6.90. The van der Waals surface area contributed by atoms with E-state index in [2.05, 4.69) is 358 Å². The van der Waals surface area contributed by atoms with Crippen LogP contribution in [0.1, 0.15) is 144 Å². The van der Waals surface area contributed by atoms with Crippen LogP contribution in [-0.2, 0) is 32.5 Å². The molecule has 0 aliphatic heterocycles. The molecule has 2 spiro atoms. The van der Waals surface area contributed by atoms with E-state index in [9.17, 15) is 0 Å². The van der Waals surface area contributed by atoms with Gasteiger partial charge >= 0.3 is 0 Å². The highest BCUT2D eigenvalue weighted by molar-refractivity contribution is 6.24. The molecule has 4 nitrogen and oxygen atoms in total. The molecule has 16 aromatic carbocycles. The standard InChI is InChI=1S/C110H73NO3/c1-105(2)75-36-18-13-31-66(75)93-95-71-34-16-25-43-88(71)113-103(95)97-68-49-46-58(53-82(68)107(5,6)101(97)99(93)105)111(59-47-50-69-83(54-59)108(7,8)102-98(69)104-96(72-35-17-26-44-89(72)114-104)94-67-32-14-19-37-76(67)106(3,4)100(94)102)60-45-48-65-73-56-86-74(57-85(73)110(84(65)55-60)79-40-22-11-29-63(79)64-30-12-23-41-80(64)110)91-81(51-52-90-92(91)70-33-15-24-42-87(70)112-90)109(86)77-38-20-9-27-61(77)62-28-10-21-39-78(62)109/h9-57H,1-8H3. The van der Waals surface area contributed by atoms with Crippen molar-refractivity contribution in [2.45, 2.75) is 87.9 Å². The first-order valence-electron chi connectivity index (χ1n) is 40.6. The van der Waals surface area contributed by atoms with Crippen LogP contribution in [0.5, 0.6) is 0 Å². The number of furan rings is 3. The summed E-state index contributed by atoms with van der Waals surface area (Å²) in [4.78, 5) is 2.63. The van der Waals surface area contributed by atoms with Crippen molar-refractivity contribution in [3.63, 3.8) is 0 Å². The van der Waals surface area contributed by atoms with Gasteiger partial charge in [0.1, 0.15) is 33.5 Å². The molecule has 114 heavy (non-hydrogen) atoms. The van der Waals surface area contributed by atoms with Gasteiger partial charge in [0.05, 0.1) is 10.8 Å². The van der Waals surface area contributed by atoms with E-state index >= 15 is 0 Å². The van der Waals surface area contributed by atoms with Crippen LogP contribution >= 0.6 is 0 Å². The normalized spacial score (nSPS) is 16.5. The Morgan fingerprint density at radius 2 is 0.518 bits per heavy atom. The number of rotatable bonds is 3. The minimum absolute atomic E-state index is 0.302. The van der Waals surface area contributed by atoms with E-state index in [-0.39, 0.29) is 10.8 Å². The second kappa shape index (κ2) is 20.3. The average molecular weight is 1460 g/mol. The topological polar surface area (TPSA) is 42.7 Å². The monoisotopic (exact) mass is 1460 g/mol. The molecule has 0 bridgehead atoms. The van der Waals surface area contributed by atoms with E-state index in [0.29, 0.717) is 0 Å². The van der Waals surface area contributed by atoms with Crippen LogP contribution in [0.4, 0.5) is 17.1 Å². The zero-order chi connectivity index (χ0) is 75.5. The van der Waals surface area contributed by atoms with Gasteiger partial charge in [-0.15, -0.1) is 0 Å². The Hall–Kier alpha value is -13.3. The smallest absolute Gasteiger partial charge is 0.144 e. The number of anilines is 3. The maximum atomic E-state index is 7.34. The maximum absolute atomic E-state index is 7.34. The van der Waals surface area contributed by atoms with E-state index in [1.165, 1.54) is 194 Å². The first kappa shape index (κ1) is 62.4. The fraction of sp³-hybridized carbons (Fsp3) is 0.127. The third-order valence-electron chi connectivity index (χ3n) is 29.3. The second-order valence-corrected chi connectivity index (χ2v) is 35.8. The summed E-state index contributed by atoms with van der Waals surface area (Å²) in [5.74, 6) is 0. The van der Waals surface area contributed by atoms with Crippen molar-refractivity contribution in [3.05, 3.63) is 386 Å². The highest BCUT2D eigenvalue weighted by Crippen LogP contribution is 2.72. The number of hydrogen-bond donors (Lipinski definition) is 0. The Kier molecular flexibility index (Phi) is 11.1. The Bertz CT molecular complexity index is 7480. The molecular formula is C110H73NO3. The van der Waals surface area contributed by atoms with Gasteiger partial charge in [0.2, 0.25) is 0 Å². The molecule has 8 aliphatic rings. The number of para-hydroxylation sites is 3. The van der Waals surface area contributed by atoms with Gasteiger partial charge in [0.25, 0.3) is 0 Å². The van der Waals surface area contributed by atoms with Crippen LogP contribution in [0.2, 0.25) is 0 Å². The van der Waals surface area contributed by atoms with E-state index < -0.39 is 21.7 Å². The molecule has 0 amide bonds. The van der Waals surface area contributed by atoms with Gasteiger partial charge in [-0.2, -0.15) is 0 Å². The number of nitrogens with zero attached hydrogens (tertiary/aromatic N) is 1. The zero-order valence-corrected chi connectivity index (χ0v) is 64.5. The van der Waals surface area contributed by atoms with Crippen molar-refractivity contribution in [1.29, 1.82) is 0 Å². The maximum Gasteiger partial charge on any atom is 0.144 e. The lowest BCUT2D eigenvalue weighted by Gasteiger charge is -2.34. The lowest BCUT2D eigenvalue weighted by Crippen LogP contribution is -2.27. The predicted octanol–water partition coefficient (Wildman–Crippen LogP) is 28.8. The van der Waals surface area contributed by atoms with Crippen molar-refractivity contribution in [3.8, 4) is 89.0 Å². The molecular weight excluding hydrogens is 1380 g/mol. The van der Waals surface area contributed by atoms with Crippen molar-refractivity contribution in [2.75, 3.05) is 4.90 Å². The molecule has 0 radical (unpaired) electrons. The van der Waals surface area contributed by atoms with E-state index in [1.54, 1.807) is 0 Å². The quantitative estimate of drug-likeness (QED) is 0.177. The summed E-state index contributed by atoms with van der Waals surface area (Å²) < 4.78 is 21.6. The molecule has 8 aliphatic carbocycles. The molecule has 0 atom stereocenters. The van der Waals surface area contributed by atoms with E-state index in [1.807, 2.05) is 0 Å². The van der Waals surface area contributed by atoms with Crippen LogP contribution in [0.25, 0.3) is 155 Å². The van der Waals surface area contributed by atoms with Crippen molar-refractivity contribution in [1.82, 2.24) is 0 Å². The van der Waals surface area contributed by atoms with Crippen molar-refractivity contribution in [2.24, 2.45) is 0 Å². The molecule has 0 fully saturated rings. The minimum Gasteiger partial charge on any atom is -0.456 e. The Balaban J connectivity index is 0.739. The van der Waals surface area contributed by atoms with Crippen molar-refractivity contribution < 1.29 is 13.3 Å². The fourth-order valence-corrected chi connectivity index (χ4v) is 25.0. The molecule has 3 heterocycles. The van der Waals surface area contributed by atoms with Gasteiger partial charge in [0.15, 0.2) is 0 Å². The van der Waals surface area contributed by atoms with Gasteiger partial charge < -0.3 is 18.2 Å². The van der Waals surface area contributed by atoms with Gasteiger partial charge in [-0.05, 0) is 240 Å². The van der Waals surface area contributed by atoms with Crippen LogP contribution in [0, 0.1) is 0 Å². The molecule has 536 valence electrons. The summed E-state index contributed by atoms with van der Waals surface area (Å²) in [6.07, 6.45) is 0. The van der Waals surface area contributed by atoms with Gasteiger partial charge in [-0.1, -0.05) is 280 Å². The molecule has 27 rings (SSSR count). The Labute approximate surface area is 659 Å². The summed E-state index contributed by atoms with van der Waals surface area (Å²) in [7, 11) is 0. The van der Waals surface area contributed by atoms with Gasteiger partial charge in [-0.25, -0.2) is 0 Å². The van der Waals surface area contributed by atoms with Crippen LogP contribution in [0.3, 0.4) is 0 Å². The third-order valence-corrected chi connectivity index (χ3v) is 29.3. The largest absolute Gasteiger partial charge is 0.456 e. The predicted molar refractivity (Wildman–Crippen MR) is 466 cm³/mol. The average Bonchev–Trinajstić information content (AvgIpc) is 1.50. The Morgan fingerprint density at radius 1 is 0.202 bits per heavy atom. The molecule has 0 unspecified atom stereocenters. The summed E-state index contributed by atoms with van der Waals surface area (Å²) >= 11 is 0. The van der Waals surface area contributed by atoms with Crippen LogP contribution in [0.15, 0.2) is 311 Å². The first-order chi connectivity index (χ1) is 55.6. The molecule has 4 heteroatoms. The molecule has 0 saturated heterocycles. The second-order valence-electron chi connectivity index (χ2n) is 35.8. The van der Waals surface area contributed by atoms with E-state index in [0.717, 1.165) is 66.7 Å². The minimum atomic E-state index is -0.753. The summed E-state index contributed by atoms with van der Waals surface area (Å²) in [6, 6.07) is 114. The Morgan fingerprint density at radius 3 is 0.982 bits per heavy atom. The summed E-state index contributed by atoms with van der Waals surface area (Å²) in [6.45, 7) is 19.8. The molecule has 0 saturated carbocycles. The highest BCUT2D eigenvalue weighted by Gasteiger charge is 2.58. The zero-order valence-electron chi connectivity index (χ0n) is 64.5. The number of hydrogen-bond acceptors (Lipinski definition) is 4. The van der Waals surface area contributed by atoms with Crippen LogP contribution in [-0.4, -0.2) is 0 Å². The number of benzene rings is 16. The number of fused-ring (bicyclic) bond motifs is 48. The van der Waals surface area contributed by atoms with Gasteiger partial charge in [-0.3, -0.25) is 0 Å². The molecule has 3 aromatic heterocycles.